The van der Waals surface area contributed by atoms with E-state index < -0.39 is 0 Å². The van der Waals surface area contributed by atoms with E-state index in [2.05, 4.69) is 48.3 Å². The van der Waals surface area contributed by atoms with Gasteiger partial charge in [0.05, 0.1) is 6.10 Å². The van der Waals surface area contributed by atoms with Crippen LogP contribution in [0.2, 0.25) is 0 Å². The maximum absolute atomic E-state index is 12.2. The van der Waals surface area contributed by atoms with Gasteiger partial charge in [0.2, 0.25) is 5.91 Å². The topological polar surface area (TPSA) is 41.6 Å². The third kappa shape index (κ3) is 5.82. The van der Waals surface area contributed by atoms with Crippen LogP contribution in [0.4, 0.5) is 0 Å². The first-order chi connectivity index (χ1) is 12.6. The molecule has 4 heteroatoms. The highest BCUT2D eigenvalue weighted by molar-refractivity contribution is 5.75. The smallest absolute Gasteiger partial charge is 0.220 e. The lowest BCUT2D eigenvalue weighted by Gasteiger charge is -2.35. The zero-order chi connectivity index (χ0) is 18.4. The number of nitrogens with zero attached hydrogens (tertiary/aromatic N) is 1. The lowest BCUT2D eigenvalue weighted by atomic mass is 9.91. The third-order valence-corrected chi connectivity index (χ3v) is 5.65. The molecule has 0 spiro atoms. The predicted molar refractivity (Wildman–Crippen MR) is 105 cm³/mol. The molecule has 3 atom stereocenters. The number of ether oxygens (including phenoxy) is 1. The summed E-state index contributed by atoms with van der Waals surface area (Å²) in [5, 5.41) is 3.11. The molecule has 4 nitrogen and oxygen atoms in total. The molecule has 0 aliphatic carbocycles. The summed E-state index contributed by atoms with van der Waals surface area (Å²) in [4.78, 5) is 14.7. The summed E-state index contributed by atoms with van der Waals surface area (Å²) in [6, 6.07) is 8.53. The zero-order valence-corrected chi connectivity index (χ0v) is 16.4. The fourth-order valence-corrected chi connectivity index (χ4v) is 4.49. The molecule has 144 valence electrons. The normalized spacial score (nSPS) is 26.8. The summed E-state index contributed by atoms with van der Waals surface area (Å²) in [7, 11) is 0. The Morgan fingerprint density at radius 3 is 2.62 bits per heavy atom. The number of rotatable bonds is 7. The van der Waals surface area contributed by atoms with Crippen LogP contribution in [0, 0.1) is 11.8 Å². The summed E-state index contributed by atoms with van der Waals surface area (Å²) < 4.78 is 5.60. The molecule has 0 saturated carbocycles. The molecule has 3 rings (SSSR count). The quantitative estimate of drug-likeness (QED) is 0.807. The molecular formula is C22H34N2O2. The minimum Gasteiger partial charge on any atom is -0.378 e. The molecule has 2 aliphatic heterocycles. The van der Waals surface area contributed by atoms with Gasteiger partial charge in [-0.25, -0.2) is 0 Å². The van der Waals surface area contributed by atoms with Gasteiger partial charge in [-0.1, -0.05) is 38.1 Å². The molecule has 1 N–H and O–H groups in total. The largest absolute Gasteiger partial charge is 0.378 e. The SMILES string of the molecule is C[C@@H]1C[C@H](C)CN(Cc2ccccc2CNC(=O)CC[C@H]2CCCO2)C1. The Morgan fingerprint density at radius 1 is 1.19 bits per heavy atom. The molecule has 1 aromatic carbocycles. The number of piperidine rings is 1. The van der Waals surface area contributed by atoms with Crippen molar-refractivity contribution in [1.29, 1.82) is 0 Å². The molecule has 2 fully saturated rings. The van der Waals surface area contributed by atoms with Crippen molar-refractivity contribution in [3.05, 3.63) is 35.4 Å². The first kappa shape index (κ1) is 19.4. The van der Waals surface area contributed by atoms with Crippen LogP contribution in [0.5, 0.6) is 0 Å². The minimum atomic E-state index is 0.135. The van der Waals surface area contributed by atoms with Gasteiger partial charge in [-0.15, -0.1) is 0 Å². The van der Waals surface area contributed by atoms with Crippen LogP contribution in [0.1, 0.15) is 57.1 Å². The standard InChI is InChI=1S/C22H34N2O2/c1-17-12-18(2)15-24(14-17)16-20-7-4-3-6-19(20)13-23-22(25)10-9-21-8-5-11-26-21/h3-4,6-7,17-18,21H,5,8-16H2,1-2H3,(H,23,25)/t17-,18+,21-/m1/s1. The molecule has 0 bridgehead atoms. The van der Waals surface area contributed by atoms with E-state index in [1.165, 1.54) is 30.6 Å². The molecule has 1 aromatic rings. The van der Waals surface area contributed by atoms with Crippen molar-refractivity contribution in [3.8, 4) is 0 Å². The van der Waals surface area contributed by atoms with Crippen molar-refractivity contribution >= 4 is 5.91 Å². The van der Waals surface area contributed by atoms with Gasteiger partial charge in [-0.3, -0.25) is 9.69 Å². The first-order valence-electron chi connectivity index (χ1n) is 10.3. The number of hydrogen-bond acceptors (Lipinski definition) is 3. The van der Waals surface area contributed by atoms with Gasteiger partial charge in [-0.2, -0.15) is 0 Å². The highest BCUT2D eigenvalue weighted by Crippen LogP contribution is 2.23. The van der Waals surface area contributed by atoms with E-state index in [4.69, 9.17) is 4.74 Å². The monoisotopic (exact) mass is 358 g/mol. The number of nitrogens with one attached hydrogen (secondary N) is 1. The van der Waals surface area contributed by atoms with Gasteiger partial charge >= 0.3 is 0 Å². The molecule has 2 aliphatic rings. The lowest BCUT2D eigenvalue weighted by Crippen LogP contribution is -2.38. The highest BCUT2D eigenvalue weighted by atomic mass is 16.5. The lowest BCUT2D eigenvalue weighted by molar-refractivity contribution is -0.121. The van der Waals surface area contributed by atoms with E-state index in [0.717, 1.165) is 44.2 Å². The van der Waals surface area contributed by atoms with Gasteiger partial charge in [0.1, 0.15) is 0 Å². The Kier molecular flexibility index (Phi) is 7.09. The Balaban J connectivity index is 1.49. The second-order valence-corrected chi connectivity index (χ2v) is 8.36. The predicted octanol–water partition coefficient (Wildman–Crippen LogP) is 3.74. The Labute approximate surface area is 158 Å². The second-order valence-electron chi connectivity index (χ2n) is 8.36. The zero-order valence-electron chi connectivity index (χ0n) is 16.4. The van der Waals surface area contributed by atoms with Gasteiger partial charge in [0.25, 0.3) is 0 Å². The van der Waals surface area contributed by atoms with Crippen molar-refractivity contribution in [2.45, 2.75) is 65.1 Å². The maximum Gasteiger partial charge on any atom is 0.220 e. The van der Waals surface area contributed by atoms with Crippen molar-refractivity contribution in [2.24, 2.45) is 11.8 Å². The van der Waals surface area contributed by atoms with Crippen molar-refractivity contribution < 1.29 is 9.53 Å². The molecule has 1 amide bonds. The minimum absolute atomic E-state index is 0.135. The van der Waals surface area contributed by atoms with Crippen LogP contribution in [0.15, 0.2) is 24.3 Å². The van der Waals surface area contributed by atoms with Crippen LogP contribution in [0.3, 0.4) is 0 Å². The van der Waals surface area contributed by atoms with Crippen molar-refractivity contribution in [1.82, 2.24) is 10.2 Å². The van der Waals surface area contributed by atoms with E-state index in [9.17, 15) is 4.79 Å². The van der Waals surface area contributed by atoms with Crippen molar-refractivity contribution in [3.63, 3.8) is 0 Å². The van der Waals surface area contributed by atoms with Crippen LogP contribution < -0.4 is 5.32 Å². The van der Waals surface area contributed by atoms with Crippen LogP contribution in [-0.4, -0.2) is 36.6 Å². The Bertz CT molecular complexity index is 573. The van der Waals surface area contributed by atoms with E-state index in [1.54, 1.807) is 0 Å². The average molecular weight is 359 g/mol. The molecule has 2 heterocycles. The van der Waals surface area contributed by atoms with Crippen LogP contribution in [0.25, 0.3) is 0 Å². The molecular weight excluding hydrogens is 324 g/mol. The van der Waals surface area contributed by atoms with Gasteiger partial charge in [0.15, 0.2) is 0 Å². The van der Waals surface area contributed by atoms with Crippen molar-refractivity contribution in [2.75, 3.05) is 19.7 Å². The Hall–Kier alpha value is -1.39. The average Bonchev–Trinajstić information content (AvgIpc) is 3.12. The van der Waals surface area contributed by atoms with Gasteiger partial charge < -0.3 is 10.1 Å². The van der Waals surface area contributed by atoms with E-state index >= 15 is 0 Å². The molecule has 0 aromatic heterocycles. The molecule has 0 unspecified atom stereocenters. The Morgan fingerprint density at radius 2 is 1.92 bits per heavy atom. The molecule has 2 saturated heterocycles. The van der Waals surface area contributed by atoms with Gasteiger partial charge in [-0.05, 0) is 48.6 Å². The molecule has 26 heavy (non-hydrogen) atoms. The number of benzene rings is 1. The van der Waals surface area contributed by atoms with E-state index in [-0.39, 0.29) is 12.0 Å². The fraction of sp³-hybridized carbons (Fsp3) is 0.682. The van der Waals surface area contributed by atoms with E-state index in [1.807, 2.05) is 0 Å². The summed E-state index contributed by atoms with van der Waals surface area (Å²) in [6.07, 6.45) is 5.26. The maximum atomic E-state index is 12.2. The summed E-state index contributed by atoms with van der Waals surface area (Å²) >= 11 is 0. The second kappa shape index (κ2) is 9.52. The number of hydrogen-bond donors (Lipinski definition) is 1. The number of likely N-dealkylation sites (tertiary alicyclic amines) is 1. The number of amides is 1. The number of carbonyl (C=O) groups excluding carboxylic acids is 1. The summed E-state index contributed by atoms with van der Waals surface area (Å²) in [6.45, 7) is 9.51. The van der Waals surface area contributed by atoms with Crippen LogP contribution in [-0.2, 0) is 22.6 Å². The van der Waals surface area contributed by atoms with Crippen LogP contribution >= 0.6 is 0 Å². The van der Waals surface area contributed by atoms with E-state index in [0.29, 0.717) is 13.0 Å². The summed E-state index contributed by atoms with van der Waals surface area (Å²) in [5.74, 6) is 1.67. The third-order valence-electron chi connectivity index (χ3n) is 5.65. The number of carbonyl (C=O) groups is 1. The summed E-state index contributed by atoms with van der Waals surface area (Å²) in [5.41, 5.74) is 2.58. The highest BCUT2D eigenvalue weighted by Gasteiger charge is 2.22. The first-order valence-corrected chi connectivity index (χ1v) is 10.3. The van der Waals surface area contributed by atoms with Gasteiger partial charge in [0, 0.05) is 39.2 Å². The fourth-order valence-electron chi connectivity index (χ4n) is 4.49. The molecule has 0 radical (unpaired) electrons.